The molecule has 1 aliphatic heterocycles. The van der Waals surface area contributed by atoms with Gasteiger partial charge in [-0.05, 0) is 34.5 Å². The summed E-state index contributed by atoms with van der Waals surface area (Å²) in [4.78, 5) is 7.31. The number of pyridine rings is 1. The number of thiophene rings is 1. The van der Waals surface area contributed by atoms with E-state index in [1.807, 2.05) is 16.8 Å². The minimum atomic E-state index is -3.63. The number of hydrogen-bond donors (Lipinski definition) is 2. The number of aliphatic hydroxyl groups excluding tert-OH is 1. The second kappa shape index (κ2) is 5.96. The highest BCUT2D eigenvalue weighted by Crippen LogP contribution is 2.37. The first-order chi connectivity index (χ1) is 11.6. The average Bonchev–Trinajstić information content (AvgIpc) is 3.31. The second-order valence-electron chi connectivity index (χ2n) is 5.98. The summed E-state index contributed by atoms with van der Waals surface area (Å²) in [6, 6.07) is 5.48. The molecule has 126 valence electrons. The summed E-state index contributed by atoms with van der Waals surface area (Å²) < 4.78 is 27.6. The Morgan fingerprint density at radius 3 is 3.00 bits per heavy atom. The van der Waals surface area contributed by atoms with Crippen LogP contribution in [0.5, 0.6) is 0 Å². The van der Waals surface area contributed by atoms with Crippen molar-refractivity contribution in [3.63, 3.8) is 0 Å². The first-order valence-electron chi connectivity index (χ1n) is 7.66. The Balaban J connectivity index is 1.70. The molecule has 24 heavy (non-hydrogen) atoms. The molecule has 1 aliphatic rings. The third-order valence-corrected chi connectivity index (χ3v) is 7.22. The minimum absolute atomic E-state index is 0.0258. The molecule has 8 heteroatoms. The van der Waals surface area contributed by atoms with Gasteiger partial charge >= 0.3 is 0 Å². The molecule has 0 bridgehead atoms. The highest BCUT2D eigenvalue weighted by Gasteiger charge is 2.40. The summed E-state index contributed by atoms with van der Waals surface area (Å²) in [5.41, 5.74) is 1.65. The van der Waals surface area contributed by atoms with Crippen LogP contribution >= 0.6 is 11.3 Å². The Morgan fingerprint density at radius 1 is 1.38 bits per heavy atom. The molecule has 3 aromatic rings. The average molecular weight is 363 g/mol. The highest BCUT2D eigenvalue weighted by atomic mass is 32.2. The van der Waals surface area contributed by atoms with E-state index < -0.39 is 10.0 Å². The molecule has 0 aromatic carbocycles. The number of hydrogen-bond acceptors (Lipinski definition) is 5. The van der Waals surface area contributed by atoms with Crippen molar-refractivity contribution >= 4 is 32.4 Å². The molecule has 0 saturated carbocycles. The number of aromatic nitrogens is 2. The van der Waals surface area contributed by atoms with Gasteiger partial charge in [-0.3, -0.25) is 0 Å². The summed E-state index contributed by atoms with van der Waals surface area (Å²) in [6.45, 7) is 0.686. The lowest BCUT2D eigenvalue weighted by Gasteiger charge is -2.15. The number of aliphatic hydroxyl groups is 1. The molecule has 0 amide bonds. The van der Waals surface area contributed by atoms with Gasteiger partial charge in [0.2, 0.25) is 10.0 Å². The highest BCUT2D eigenvalue weighted by molar-refractivity contribution is 7.89. The van der Waals surface area contributed by atoms with Gasteiger partial charge in [-0.15, -0.1) is 0 Å². The predicted octanol–water partition coefficient (Wildman–Crippen LogP) is 2.02. The molecule has 1 saturated heterocycles. The van der Waals surface area contributed by atoms with E-state index in [1.54, 1.807) is 29.7 Å². The number of nitrogens with one attached hydrogen (secondary N) is 1. The summed E-state index contributed by atoms with van der Waals surface area (Å²) in [5, 5.41) is 14.3. The van der Waals surface area contributed by atoms with E-state index >= 15 is 0 Å². The normalized spacial score (nSPS) is 22.4. The molecule has 0 spiro atoms. The fourth-order valence-electron chi connectivity index (χ4n) is 3.36. The predicted molar refractivity (Wildman–Crippen MR) is 92.5 cm³/mol. The monoisotopic (exact) mass is 363 g/mol. The first kappa shape index (κ1) is 15.8. The summed E-state index contributed by atoms with van der Waals surface area (Å²) in [5.74, 6) is -0.0583. The van der Waals surface area contributed by atoms with E-state index in [1.165, 1.54) is 10.5 Å². The van der Waals surface area contributed by atoms with Crippen molar-refractivity contribution in [2.75, 3.05) is 19.7 Å². The Kier molecular flexibility index (Phi) is 3.92. The smallest absolute Gasteiger partial charge is 0.245 e. The van der Waals surface area contributed by atoms with Crippen molar-refractivity contribution in [2.24, 2.45) is 5.92 Å². The molecule has 3 aromatic heterocycles. The first-order valence-corrected chi connectivity index (χ1v) is 10.0. The van der Waals surface area contributed by atoms with Crippen LogP contribution in [0.1, 0.15) is 11.5 Å². The van der Waals surface area contributed by atoms with Crippen LogP contribution in [0, 0.1) is 5.92 Å². The van der Waals surface area contributed by atoms with Crippen LogP contribution < -0.4 is 0 Å². The molecular formula is C16H17N3O3S2. The fraction of sp³-hybridized carbons (Fsp3) is 0.312. The van der Waals surface area contributed by atoms with Crippen molar-refractivity contribution in [1.29, 1.82) is 0 Å². The third kappa shape index (κ3) is 2.46. The topological polar surface area (TPSA) is 86.3 Å². The van der Waals surface area contributed by atoms with Crippen LogP contribution in [0.3, 0.4) is 0 Å². The van der Waals surface area contributed by atoms with Crippen molar-refractivity contribution in [1.82, 2.24) is 14.3 Å². The van der Waals surface area contributed by atoms with Crippen molar-refractivity contribution in [3.8, 4) is 0 Å². The van der Waals surface area contributed by atoms with Crippen LogP contribution in [0.25, 0.3) is 11.0 Å². The summed E-state index contributed by atoms with van der Waals surface area (Å²) >= 11 is 1.58. The summed E-state index contributed by atoms with van der Waals surface area (Å²) in [6.07, 6.45) is 3.12. The lowest BCUT2D eigenvalue weighted by molar-refractivity contribution is 0.223. The van der Waals surface area contributed by atoms with E-state index in [4.69, 9.17) is 0 Å². The van der Waals surface area contributed by atoms with E-state index in [0.717, 1.165) is 5.56 Å². The van der Waals surface area contributed by atoms with E-state index in [0.29, 0.717) is 24.1 Å². The second-order valence-corrected chi connectivity index (χ2v) is 8.67. The maximum absolute atomic E-state index is 13.1. The molecule has 2 N–H and O–H groups in total. The van der Waals surface area contributed by atoms with Crippen molar-refractivity contribution < 1.29 is 13.5 Å². The quantitative estimate of drug-likeness (QED) is 0.742. The third-order valence-electron chi connectivity index (χ3n) is 4.64. The Labute approximate surface area is 143 Å². The van der Waals surface area contributed by atoms with Gasteiger partial charge in [0, 0.05) is 49.3 Å². The van der Waals surface area contributed by atoms with Gasteiger partial charge in [0.25, 0.3) is 0 Å². The van der Waals surface area contributed by atoms with E-state index in [-0.39, 0.29) is 23.3 Å². The molecule has 0 aliphatic carbocycles. The standard InChI is InChI=1S/C16H17N3O3S2/c20-9-12-7-19(8-14(12)11-3-5-23-10-11)24(21,22)15-6-18-16-13(15)2-1-4-17-16/h1-6,10,12,14,20H,7-9H2,(H,17,18)/t12-,14+/m0/s1. The minimum Gasteiger partial charge on any atom is -0.396 e. The van der Waals surface area contributed by atoms with Gasteiger partial charge in [0.05, 0.1) is 0 Å². The van der Waals surface area contributed by atoms with Crippen LogP contribution in [-0.2, 0) is 10.0 Å². The maximum atomic E-state index is 13.1. The molecule has 6 nitrogen and oxygen atoms in total. The van der Waals surface area contributed by atoms with E-state index in [2.05, 4.69) is 9.97 Å². The largest absolute Gasteiger partial charge is 0.396 e. The van der Waals surface area contributed by atoms with Gasteiger partial charge in [-0.25, -0.2) is 13.4 Å². The lowest BCUT2D eigenvalue weighted by Crippen LogP contribution is -2.29. The van der Waals surface area contributed by atoms with Crippen molar-refractivity contribution in [3.05, 3.63) is 46.9 Å². The Hall–Kier alpha value is -1.74. The number of H-pyrrole nitrogens is 1. The molecular weight excluding hydrogens is 346 g/mol. The molecule has 1 fully saturated rings. The number of aromatic amines is 1. The lowest BCUT2D eigenvalue weighted by atomic mass is 9.92. The number of nitrogens with zero attached hydrogens (tertiary/aromatic N) is 2. The van der Waals surface area contributed by atoms with Gasteiger partial charge in [0.15, 0.2) is 0 Å². The Morgan fingerprint density at radius 2 is 2.25 bits per heavy atom. The van der Waals surface area contributed by atoms with Gasteiger partial charge in [-0.2, -0.15) is 15.6 Å². The van der Waals surface area contributed by atoms with Crippen LogP contribution in [0.15, 0.2) is 46.2 Å². The molecule has 2 atom stereocenters. The number of fused-ring (bicyclic) bond motifs is 1. The molecule has 4 heterocycles. The zero-order chi connectivity index (χ0) is 16.7. The zero-order valence-corrected chi connectivity index (χ0v) is 14.4. The van der Waals surface area contributed by atoms with E-state index in [9.17, 15) is 13.5 Å². The van der Waals surface area contributed by atoms with Gasteiger partial charge in [0.1, 0.15) is 10.5 Å². The van der Waals surface area contributed by atoms with Crippen LogP contribution in [0.2, 0.25) is 0 Å². The van der Waals surface area contributed by atoms with Crippen LogP contribution in [0.4, 0.5) is 0 Å². The summed E-state index contributed by atoms with van der Waals surface area (Å²) in [7, 11) is -3.63. The fourth-order valence-corrected chi connectivity index (χ4v) is 5.76. The SMILES string of the molecule is O=S(=O)(c1c[nH]c2ncccc12)N1C[C@@H](CO)[C@@H](c2ccsc2)C1. The molecule has 0 radical (unpaired) electrons. The molecule has 0 unspecified atom stereocenters. The Bertz CT molecular complexity index is 950. The van der Waals surface area contributed by atoms with Gasteiger partial charge < -0.3 is 10.1 Å². The van der Waals surface area contributed by atoms with Crippen LogP contribution in [-0.4, -0.2) is 47.5 Å². The van der Waals surface area contributed by atoms with Crippen molar-refractivity contribution in [2.45, 2.75) is 10.8 Å². The number of sulfonamides is 1. The maximum Gasteiger partial charge on any atom is 0.245 e. The van der Waals surface area contributed by atoms with Gasteiger partial charge in [-0.1, -0.05) is 0 Å². The molecule has 4 rings (SSSR count). The number of rotatable bonds is 4. The zero-order valence-electron chi connectivity index (χ0n) is 12.8.